The normalized spacial score (nSPS) is 13.4. The highest BCUT2D eigenvalue weighted by Crippen LogP contribution is 2.26. The van der Waals surface area contributed by atoms with Crippen molar-refractivity contribution < 1.29 is 13.6 Å². The molecule has 3 N–H and O–H groups in total. The molecule has 10 heteroatoms. The van der Waals surface area contributed by atoms with Gasteiger partial charge < -0.3 is 5.32 Å². The summed E-state index contributed by atoms with van der Waals surface area (Å²) in [5.74, 6) is -0.172. The second kappa shape index (κ2) is 12.7. The molecular weight excluding hydrogens is 510 g/mol. The van der Waals surface area contributed by atoms with Gasteiger partial charge in [0.25, 0.3) is 11.3 Å². The average molecular weight is 532 g/mol. The van der Waals surface area contributed by atoms with E-state index in [-0.39, 0.29) is 18.4 Å². The van der Waals surface area contributed by atoms with Gasteiger partial charge in [-0.15, -0.1) is 11.3 Å². The molecule has 1 aromatic heterocycles. The molecule has 1 heterocycles. The standard InChI is InChI=1S/C24H22ClN3O3S3/c1-16(4-3-11-32)24-27-22(15-33-24)21(13-17-7-9-20(10-8-17)28-34(30)31)26-23(29)14-18-5-2-6-19(25)12-18/h3-5,7-12,15,21,28,32H,13-14H2,1H3,(H,26,29)(H,30,31)/b11-3-,16-4+/t21-/m0/s1. The van der Waals surface area contributed by atoms with E-state index in [9.17, 15) is 9.00 Å². The first-order valence-corrected chi connectivity index (χ1v) is 13.0. The van der Waals surface area contributed by atoms with E-state index in [1.165, 1.54) is 11.3 Å². The van der Waals surface area contributed by atoms with Crippen LogP contribution in [0.15, 0.2) is 59.3 Å². The third-order valence-corrected chi connectivity index (χ3v) is 6.49. The van der Waals surface area contributed by atoms with Crippen LogP contribution in [0.1, 0.15) is 34.8 Å². The molecule has 0 spiro atoms. The SMILES string of the molecule is C/C(=C\C=C/S)c1nc([C@H](Cc2ccc(NS(=O)O)cc2)NC(=O)Cc2cc#cc(Cl)c2)cs1. The van der Waals surface area contributed by atoms with Crippen molar-refractivity contribution in [2.75, 3.05) is 4.72 Å². The van der Waals surface area contributed by atoms with Crippen LogP contribution in [0.25, 0.3) is 5.57 Å². The van der Waals surface area contributed by atoms with Crippen LogP contribution in [0.5, 0.6) is 0 Å². The molecule has 0 saturated carbocycles. The first-order chi connectivity index (χ1) is 16.3. The van der Waals surface area contributed by atoms with E-state index in [1.54, 1.807) is 29.7 Å². The number of thiol groups is 1. The summed E-state index contributed by atoms with van der Waals surface area (Å²) in [5, 5.41) is 7.93. The topological polar surface area (TPSA) is 91.3 Å². The molecule has 0 aliphatic heterocycles. The second-order valence-corrected chi connectivity index (χ2v) is 9.56. The first kappa shape index (κ1) is 26.0. The zero-order valence-corrected chi connectivity index (χ0v) is 21.4. The Labute approximate surface area is 216 Å². The lowest BCUT2D eigenvalue weighted by molar-refractivity contribution is -0.121. The number of benzene rings is 1. The molecule has 3 rings (SSSR count). The van der Waals surface area contributed by atoms with Gasteiger partial charge in [0, 0.05) is 11.1 Å². The van der Waals surface area contributed by atoms with E-state index in [0.717, 1.165) is 27.4 Å². The Kier molecular flexibility index (Phi) is 9.74. The van der Waals surface area contributed by atoms with E-state index in [2.05, 4.69) is 34.8 Å². The summed E-state index contributed by atoms with van der Waals surface area (Å²) in [6.45, 7) is 1.97. The molecule has 0 radical (unpaired) electrons. The number of thiazole rings is 1. The largest absolute Gasteiger partial charge is 0.347 e. The minimum atomic E-state index is -2.14. The molecule has 0 bridgehead atoms. The highest BCUT2D eigenvalue weighted by Gasteiger charge is 2.19. The summed E-state index contributed by atoms with van der Waals surface area (Å²) < 4.78 is 22.4. The number of carbonyl (C=O) groups is 1. The molecule has 2 atom stereocenters. The van der Waals surface area contributed by atoms with Gasteiger partial charge in [0.2, 0.25) is 5.91 Å². The van der Waals surface area contributed by atoms with Crippen molar-refractivity contribution in [3.05, 3.63) is 98.3 Å². The number of hydrogen-bond donors (Lipinski definition) is 4. The summed E-state index contributed by atoms with van der Waals surface area (Å²) in [6.07, 6.45) is 4.39. The second-order valence-electron chi connectivity index (χ2n) is 7.30. The van der Waals surface area contributed by atoms with Crippen LogP contribution >= 0.6 is 35.6 Å². The number of halogens is 1. The van der Waals surface area contributed by atoms with Crippen molar-refractivity contribution in [3.8, 4) is 0 Å². The fourth-order valence-corrected chi connectivity index (χ4v) is 4.61. The van der Waals surface area contributed by atoms with Gasteiger partial charge in [0.1, 0.15) is 5.01 Å². The Hall–Kier alpha value is -2.61. The van der Waals surface area contributed by atoms with Crippen molar-refractivity contribution in [1.82, 2.24) is 10.3 Å². The van der Waals surface area contributed by atoms with Crippen LogP contribution in [0.2, 0.25) is 5.02 Å². The Morgan fingerprint density at radius 1 is 1.35 bits per heavy atom. The maximum Gasteiger partial charge on any atom is 0.259 e. The lowest BCUT2D eigenvalue weighted by atomic mass is 10.0. The molecule has 3 aromatic rings. The van der Waals surface area contributed by atoms with Crippen molar-refractivity contribution in [3.63, 3.8) is 0 Å². The minimum Gasteiger partial charge on any atom is -0.347 e. The molecule has 6 nitrogen and oxygen atoms in total. The van der Waals surface area contributed by atoms with Gasteiger partial charge in [-0.3, -0.25) is 14.1 Å². The molecule has 34 heavy (non-hydrogen) atoms. The number of anilines is 1. The Morgan fingerprint density at radius 2 is 2.12 bits per heavy atom. The lowest BCUT2D eigenvalue weighted by Gasteiger charge is -2.18. The van der Waals surface area contributed by atoms with E-state index >= 15 is 0 Å². The van der Waals surface area contributed by atoms with Crippen LogP contribution in [0.3, 0.4) is 0 Å². The van der Waals surface area contributed by atoms with Crippen LogP contribution in [0.4, 0.5) is 5.69 Å². The Bertz CT molecular complexity index is 1210. The maximum atomic E-state index is 12.9. The van der Waals surface area contributed by atoms with Crippen LogP contribution in [-0.4, -0.2) is 19.7 Å². The summed E-state index contributed by atoms with van der Waals surface area (Å²) in [4.78, 5) is 17.6. The van der Waals surface area contributed by atoms with E-state index in [0.29, 0.717) is 17.1 Å². The Morgan fingerprint density at radius 3 is 2.79 bits per heavy atom. The predicted octanol–water partition coefficient (Wildman–Crippen LogP) is 5.43. The van der Waals surface area contributed by atoms with Crippen molar-refractivity contribution in [2.45, 2.75) is 25.8 Å². The summed E-state index contributed by atoms with van der Waals surface area (Å²) in [6, 6.07) is 15.6. The number of aromatic nitrogens is 1. The molecule has 0 aliphatic carbocycles. The number of carbonyl (C=O) groups excluding carboxylic acids is 1. The van der Waals surface area contributed by atoms with Gasteiger partial charge >= 0.3 is 0 Å². The number of nitrogens with zero attached hydrogens (tertiary/aromatic N) is 1. The van der Waals surface area contributed by atoms with Gasteiger partial charge in [-0.1, -0.05) is 42.0 Å². The fraction of sp³-hybridized carbons (Fsp3) is 0.167. The zero-order chi connectivity index (χ0) is 24.5. The third kappa shape index (κ3) is 8.01. The number of rotatable bonds is 10. The number of hydrogen-bond acceptors (Lipinski definition) is 5. The molecule has 0 fully saturated rings. The number of amides is 1. The number of nitrogens with one attached hydrogen (secondary N) is 2. The van der Waals surface area contributed by atoms with E-state index < -0.39 is 11.3 Å². The predicted molar refractivity (Wildman–Crippen MR) is 142 cm³/mol. The molecule has 1 unspecified atom stereocenters. The molecule has 1 amide bonds. The van der Waals surface area contributed by atoms with E-state index in [4.69, 9.17) is 21.1 Å². The number of allylic oxidation sites excluding steroid dienone is 3. The highest BCUT2D eigenvalue weighted by atomic mass is 35.5. The van der Waals surface area contributed by atoms with E-state index in [1.807, 2.05) is 36.6 Å². The van der Waals surface area contributed by atoms with Crippen molar-refractivity contribution in [2.24, 2.45) is 0 Å². The average Bonchev–Trinajstić information content (AvgIpc) is 3.28. The molecule has 176 valence electrons. The van der Waals surface area contributed by atoms with Gasteiger partial charge in [-0.05, 0) is 65.8 Å². The van der Waals surface area contributed by atoms with Gasteiger partial charge in [-0.2, -0.15) is 12.6 Å². The molecule has 0 aliphatic rings. The summed E-state index contributed by atoms with van der Waals surface area (Å²) in [5.41, 5.74) is 3.94. The fourth-order valence-electron chi connectivity index (χ4n) is 3.13. The monoisotopic (exact) mass is 531 g/mol. The minimum absolute atomic E-state index is 0.148. The summed E-state index contributed by atoms with van der Waals surface area (Å²) >= 11 is 9.40. The van der Waals surface area contributed by atoms with Crippen LogP contribution in [-0.2, 0) is 28.9 Å². The first-order valence-electron chi connectivity index (χ1n) is 10.1. The van der Waals surface area contributed by atoms with Crippen LogP contribution < -0.4 is 10.0 Å². The quantitative estimate of drug-likeness (QED) is 0.159. The van der Waals surface area contributed by atoms with Gasteiger partial charge in [0.05, 0.1) is 23.2 Å². The molecular formula is C24H22ClN3O3S3. The van der Waals surface area contributed by atoms with Crippen molar-refractivity contribution in [1.29, 1.82) is 0 Å². The Balaban J connectivity index is 1.81. The van der Waals surface area contributed by atoms with Crippen LogP contribution in [0, 0.1) is 12.1 Å². The lowest BCUT2D eigenvalue weighted by Crippen LogP contribution is -2.31. The van der Waals surface area contributed by atoms with Gasteiger partial charge in [0.15, 0.2) is 0 Å². The molecule has 2 aromatic carbocycles. The zero-order valence-electron chi connectivity index (χ0n) is 18.1. The third-order valence-electron chi connectivity index (χ3n) is 4.71. The highest BCUT2D eigenvalue weighted by molar-refractivity contribution is 7.83. The smallest absolute Gasteiger partial charge is 0.259 e. The van der Waals surface area contributed by atoms with Crippen molar-refractivity contribution >= 4 is 64.0 Å². The molecule has 0 saturated heterocycles. The summed E-state index contributed by atoms with van der Waals surface area (Å²) in [7, 11) is 0. The van der Waals surface area contributed by atoms with Gasteiger partial charge in [-0.25, -0.2) is 9.19 Å². The maximum absolute atomic E-state index is 12.9.